The summed E-state index contributed by atoms with van der Waals surface area (Å²) in [6.45, 7) is 6.98. The molecule has 0 aromatic rings. The van der Waals surface area contributed by atoms with Crippen molar-refractivity contribution in [2.75, 3.05) is 33.9 Å². The van der Waals surface area contributed by atoms with Gasteiger partial charge in [-0.25, -0.2) is 0 Å². The highest BCUT2D eigenvalue weighted by atomic mass is 35.5. The molecule has 2 N–H and O–H groups in total. The Bertz CT molecular complexity index is 426. The van der Waals surface area contributed by atoms with Crippen LogP contribution in [-0.4, -0.2) is 44.9 Å². The summed E-state index contributed by atoms with van der Waals surface area (Å²) in [5.74, 6) is 0.866. The largest absolute Gasteiger partial charge is 0.498 e. The van der Waals surface area contributed by atoms with Crippen molar-refractivity contribution >= 4 is 11.6 Å². The molecule has 120 valence electrons. The molecule has 1 unspecified atom stereocenters. The molecule has 0 saturated carbocycles. The van der Waals surface area contributed by atoms with Crippen LogP contribution >= 0.6 is 11.6 Å². The van der Waals surface area contributed by atoms with Gasteiger partial charge in [-0.05, 0) is 44.4 Å². The summed E-state index contributed by atoms with van der Waals surface area (Å²) in [6.07, 6.45) is 5.98. The van der Waals surface area contributed by atoms with Crippen molar-refractivity contribution in [3.8, 4) is 0 Å². The lowest BCUT2D eigenvalue weighted by Gasteiger charge is -2.18. The number of nitrogens with two attached hydrogens (primary N) is 1. The van der Waals surface area contributed by atoms with Gasteiger partial charge in [0, 0.05) is 26.7 Å². The molecule has 0 aliphatic carbocycles. The zero-order valence-electron chi connectivity index (χ0n) is 13.5. The minimum atomic E-state index is -0.0337. The zero-order valence-corrected chi connectivity index (χ0v) is 14.2. The van der Waals surface area contributed by atoms with Gasteiger partial charge in [-0.3, -0.25) is 4.90 Å². The fourth-order valence-electron chi connectivity index (χ4n) is 2.31. The number of hydrogen-bond acceptors (Lipinski definition) is 4. The smallest absolute Gasteiger partial charge is 0.124 e. The van der Waals surface area contributed by atoms with Gasteiger partial charge >= 0.3 is 0 Å². The van der Waals surface area contributed by atoms with E-state index in [-0.39, 0.29) is 6.10 Å². The van der Waals surface area contributed by atoms with Gasteiger partial charge in [-0.1, -0.05) is 17.2 Å². The van der Waals surface area contributed by atoms with E-state index in [1.54, 1.807) is 14.2 Å². The Morgan fingerprint density at radius 3 is 2.62 bits per heavy atom. The zero-order chi connectivity index (χ0) is 15.8. The van der Waals surface area contributed by atoms with E-state index in [4.69, 9.17) is 26.8 Å². The summed E-state index contributed by atoms with van der Waals surface area (Å²) in [5, 5.41) is 0.361. The van der Waals surface area contributed by atoms with Gasteiger partial charge in [0.1, 0.15) is 11.9 Å². The summed E-state index contributed by atoms with van der Waals surface area (Å²) in [5.41, 5.74) is 8.22. The minimum absolute atomic E-state index is 0.0337. The molecule has 21 heavy (non-hydrogen) atoms. The standard InChI is InChI=1S/C16H27ClN2O2/c1-12-5-8-19(10-7-16(17)18)9-6-14(12)11-15(21-4)13(2)20-3/h7,11,13H,5-6,8-10,18H2,1-4H3/b15-11+,16-7+. The summed E-state index contributed by atoms with van der Waals surface area (Å²) < 4.78 is 10.8. The lowest BCUT2D eigenvalue weighted by atomic mass is 10.0. The molecule has 0 amide bonds. The molecule has 0 fully saturated rings. The molecule has 0 aromatic heterocycles. The van der Waals surface area contributed by atoms with Crippen LogP contribution in [0.5, 0.6) is 0 Å². The van der Waals surface area contributed by atoms with E-state index >= 15 is 0 Å². The molecular formula is C16H27ClN2O2. The highest BCUT2D eigenvalue weighted by molar-refractivity contribution is 6.28. The Morgan fingerprint density at radius 1 is 1.38 bits per heavy atom. The molecule has 0 spiro atoms. The minimum Gasteiger partial charge on any atom is -0.498 e. The molecule has 0 radical (unpaired) electrons. The number of ether oxygens (including phenoxy) is 2. The van der Waals surface area contributed by atoms with E-state index < -0.39 is 0 Å². The van der Waals surface area contributed by atoms with Crippen molar-refractivity contribution in [2.24, 2.45) is 5.73 Å². The van der Waals surface area contributed by atoms with Gasteiger partial charge < -0.3 is 15.2 Å². The average Bonchev–Trinajstić information content (AvgIpc) is 2.64. The Hall–Kier alpha value is -0.970. The maximum atomic E-state index is 5.70. The van der Waals surface area contributed by atoms with Gasteiger partial charge in [0.25, 0.3) is 0 Å². The third kappa shape index (κ3) is 6.12. The predicted molar refractivity (Wildman–Crippen MR) is 88.1 cm³/mol. The van der Waals surface area contributed by atoms with E-state index in [1.165, 1.54) is 11.1 Å². The average molecular weight is 315 g/mol. The van der Waals surface area contributed by atoms with Crippen LogP contribution in [-0.2, 0) is 9.47 Å². The predicted octanol–water partition coefficient (Wildman–Crippen LogP) is 3.00. The van der Waals surface area contributed by atoms with Crippen LogP contribution in [0.1, 0.15) is 26.7 Å². The molecule has 0 bridgehead atoms. The number of nitrogens with zero attached hydrogens (tertiary/aromatic N) is 1. The number of hydrogen-bond donors (Lipinski definition) is 1. The number of rotatable bonds is 6. The monoisotopic (exact) mass is 314 g/mol. The Kier molecular flexibility index (Phi) is 7.86. The quantitative estimate of drug-likeness (QED) is 0.605. The van der Waals surface area contributed by atoms with Gasteiger partial charge in [-0.2, -0.15) is 0 Å². The second kappa shape index (κ2) is 9.13. The highest BCUT2D eigenvalue weighted by Gasteiger charge is 2.15. The first-order valence-electron chi connectivity index (χ1n) is 7.28. The van der Waals surface area contributed by atoms with Gasteiger partial charge in [0.15, 0.2) is 0 Å². The molecule has 0 aromatic carbocycles. The van der Waals surface area contributed by atoms with Gasteiger partial charge in [0.2, 0.25) is 0 Å². The molecule has 1 heterocycles. The van der Waals surface area contributed by atoms with E-state index in [9.17, 15) is 0 Å². The second-order valence-corrected chi connectivity index (χ2v) is 5.76. The number of allylic oxidation sites excluding steroid dienone is 1. The summed E-state index contributed by atoms with van der Waals surface area (Å²) in [4.78, 5) is 2.35. The van der Waals surface area contributed by atoms with Crippen molar-refractivity contribution in [1.29, 1.82) is 0 Å². The molecule has 4 nitrogen and oxygen atoms in total. The van der Waals surface area contributed by atoms with Crippen LogP contribution in [0.3, 0.4) is 0 Å². The summed E-state index contributed by atoms with van der Waals surface area (Å²) >= 11 is 5.70. The lowest BCUT2D eigenvalue weighted by Crippen LogP contribution is -2.25. The van der Waals surface area contributed by atoms with Gasteiger partial charge in [-0.15, -0.1) is 0 Å². The highest BCUT2D eigenvalue weighted by Crippen LogP contribution is 2.22. The van der Waals surface area contributed by atoms with Crippen LogP contribution in [0.4, 0.5) is 0 Å². The fraction of sp³-hybridized carbons (Fsp3) is 0.625. The maximum absolute atomic E-state index is 5.70. The fourth-order valence-corrected chi connectivity index (χ4v) is 2.38. The van der Waals surface area contributed by atoms with E-state index in [2.05, 4.69) is 17.9 Å². The molecular weight excluding hydrogens is 288 g/mol. The van der Waals surface area contributed by atoms with Crippen LogP contribution in [0.2, 0.25) is 0 Å². The SMILES string of the molecule is CO/C(=C/C1=C(C)CCN(C/C=C(/N)Cl)CC1)C(C)OC. The van der Waals surface area contributed by atoms with Crippen LogP contribution in [0, 0.1) is 0 Å². The summed E-state index contributed by atoms with van der Waals surface area (Å²) in [6, 6.07) is 0. The topological polar surface area (TPSA) is 47.7 Å². The van der Waals surface area contributed by atoms with Crippen LogP contribution in [0.25, 0.3) is 0 Å². The number of halogens is 1. The van der Waals surface area contributed by atoms with Crippen LogP contribution in [0.15, 0.2) is 34.2 Å². The molecule has 5 heteroatoms. The van der Waals surface area contributed by atoms with Crippen molar-refractivity contribution in [1.82, 2.24) is 4.90 Å². The lowest BCUT2D eigenvalue weighted by molar-refractivity contribution is 0.0914. The molecule has 0 saturated heterocycles. The van der Waals surface area contributed by atoms with Crippen LogP contribution < -0.4 is 5.73 Å². The third-order valence-electron chi connectivity index (χ3n) is 3.90. The first-order chi connectivity index (χ1) is 9.97. The first-order valence-corrected chi connectivity index (χ1v) is 7.66. The molecule has 1 aliphatic heterocycles. The van der Waals surface area contributed by atoms with Crippen molar-refractivity contribution in [3.63, 3.8) is 0 Å². The number of methoxy groups -OCH3 is 2. The normalized spacial score (nSPS) is 20.4. The van der Waals surface area contributed by atoms with Gasteiger partial charge in [0.05, 0.1) is 12.3 Å². The Labute approximate surface area is 133 Å². The van der Waals surface area contributed by atoms with E-state index in [0.717, 1.165) is 38.2 Å². The molecule has 1 rings (SSSR count). The Balaban J connectivity index is 2.75. The van der Waals surface area contributed by atoms with E-state index in [0.29, 0.717) is 5.16 Å². The maximum Gasteiger partial charge on any atom is 0.124 e. The van der Waals surface area contributed by atoms with Crippen molar-refractivity contribution in [2.45, 2.75) is 32.8 Å². The Morgan fingerprint density at radius 2 is 2.05 bits per heavy atom. The summed E-state index contributed by atoms with van der Waals surface area (Å²) in [7, 11) is 3.38. The third-order valence-corrected chi connectivity index (χ3v) is 4.05. The molecule has 1 atom stereocenters. The molecule has 1 aliphatic rings. The first kappa shape index (κ1) is 18.1. The van der Waals surface area contributed by atoms with Crippen molar-refractivity contribution < 1.29 is 9.47 Å². The van der Waals surface area contributed by atoms with Crippen molar-refractivity contribution in [3.05, 3.63) is 34.2 Å². The second-order valence-electron chi connectivity index (χ2n) is 5.32. The van der Waals surface area contributed by atoms with E-state index in [1.807, 2.05) is 13.0 Å².